The summed E-state index contributed by atoms with van der Waals surface area (Å²) in [4.78, 5) is 4.58. The van der Waals surface area contributed by atoms with Gasteiger partial charge in [-0.3, -0.25) is 0 Å². The Morgan fingerprint density at radius 1 is 0.944 bits per heavy atom. The van der Waals surface area contributed by atoms with Crippen LogP contribution in [0.2, 0.25) is 0 Å². The van der Waals surface area contributed by atoms with Gasteiger partial charge in [0.15, 0.2) is 0 Å². The van der Waals surface area contributed by atoms with Crippen LogP contribution in [-0.2, 0) is 13.1 Å². The normalized spacial score (nSPS) is 11.4. The Bertz CT molecular complexity index is 319. The molecule has 0 fully saturated rings. The number of rotatable bonds is 8. The molecule has 18 heavy (non-hydrogen) atoms. The number of hydrogen-bond donors (Lipinski definition) is 1. The minimum Gasteiger partial charge on any atom is -0.313 e. The highest BCUT2D eigenvalue weighted by molar-refractivity contribution is 5.22. The highest BCUT2D eigenvalue weighted by atomic mass is 15.1. The van der Waals surface area contributed by atoms with Gasteiger partial charge in [-0.2, -0.15) is 0 Å². The third-order valence-electron chi connectivity index (χ3n) is 2.98. The van der Waals surface area contributed by atoms with Gasteiger partial charge in [0.1, 0.15) is 0 Å². The minimum absolute atomic E-state index is 0.966. The molecule has 0 radical (unpaired) electrons. The second kappa shape index (κ2) is 8.25. The van der Waals surface area contributed by atoms with Gasteiger partial charge in [0.25, 0.3) is 0 Å². The van der Waals surface area contributed by atoms with Gasteiger partial charge >= 0.3 is 0 Å². The predicted octanol–water partition coefficient (Wildman–Crippen LogP) is 1.79. The highest BCUT2D eigenvalue weighted by Crippen LogP contribution is 2.06. The molecule has 0 amide bonds. The van der Waals surface area contributed by atoms with Crippen LogP contribution in [0.5, 0.6) is 0 Å². The van der Waals surface area contributed by atoms with Gasteiger partial charge in [0.2, 0.25) is 0 Å². The molecule has 3 nitrogen and oxygen atoms in total. The van der Waals surface area contributed by atoms with Crippen molar-refractivity contribution in [3.05, 3.63) is 35.4 Å². The summed E-state index contributed by atoms with van der Waals surface area (Å²) in [5.41, 5.74) is 2.74. The van der Waals surface area contributed by atoms with E-state index in [1.807, 2.05) is 0 Å². The van der Waals surface area contributed by atoms with Gasteiger partial charge in [-0.05, 0) is 38.8 Å². The average Bonchev–Trinajstić information content (AvgIpc) is 2.35. The lowest BCUT2D eigenvalue weighted by atomic mass is 10.1. The van der Waals surface area contributed by atoms with E-state index in [2.05, 4.69) is 67.4 Å². The van der Waals surface area contributed by atoms with E-state index >= 15 is 0 Å². The fourth-order valence-corrected chi connectivity index (χ4v) is 1.79. The van der Waals surface area contributed by atoms with E-state index in [1.165, 1.54) is 11.1 Å². The number of nitrogens with zero attached hydrogens (tertiary/aromatic N) is 2. The number of likely N-dealkylation sites (N-methyl/N-ethyl adjacent to an activating group) is 2. The summed E-state index contributed by atoms with van der Waals surface area (Å²) in [6.07, 6.45) is 0. The molecule has 0 spiro atoms. The van der Waals surface area contributed by atoms with Crippen molar-refractivity contribution in [3.8, 4) is 0 Å². The molecular formula is C15H27N3. The van der Waals surface area contributed by atoms with E-state index in [0.717, 1.165) is 32.7 Å². The zero-order valence-corrected chi connectivity index (χ0v) is 12.2. The summed E-state index contributed by atoms with van der Waals surface area (Å²) >= 11 is 0. The first kappa shape index (κ1) is 15.2. The lowest BCUT2D eigenvalue weighted by Crippen LogP contribution is -2.28. The van der Waals surface area contributed by atoms with Crippen molar-refractivity contribution in [2.75, 3.05) is 40.8 Å². The van der Waals surface area contributed by atoms with Crippen LogP contribution in [0.25, 0.3) is 0 Å². The summed E-state index contributed by atoms with van der Waals surface area (Å²) in [5.74, 6) is 0. The number of nitrogens with one attached hydrogen (secondary N) is 1. The van der Waals surface area contributed by atoms with Crippen molar-refractivity contribution in [1.29, 1.82) is 0 Å². The Hall–Kier alpha value is -0.900. The van der Waals surface area contributed by atoms with Crippen molar-refractivity contribution in [2.24, 2.45) is 0 Å². The summed E-state index contributed by atoms with van der Waals surface area (Å²) in [7, 11) is 6.41. The number of hydrogen-bond acceptors (Lipinski definition) is 3. The molecule has 0 bridgehead atoms. The first-order valence-corrected chi connectivity index (χ1v) is 6.73. The topological polar surface area (TPSA) is 18.5 Å². The molecule has 3 heteroatoms. The standard InChI is InChI=1S/C15H27N3/c1-5-16-12-14-6-8-15(9-7-14)13-18(4)11-10-17(2)3/h6-9,16H,5,10-13H2,1-4H3. The van der Waals surface area contributed by atoms with Crippen molar-refractivity contribution in [1.82, 2.24) is 15.1 Å². The van der Waals surface area contributed by atoms with E-state index in [1.54, 1.807) is 0 Å². The molecule has 0 saturated carbocycles. The largest absolute Gasteiger partial charge is 0.313 e. The van der Waals surface area contributed by atoms with Crippen LogP contribution in [0.1, 0.15) is 18.1 Å². The molecular weight excluding hydrogens is 222 g/mol. The Kier molecular flexibility index (Phi) is 6.94. The number of benzene rings is 1. The first-order chi connectivity index (χ1) is 8.61. The van der Waals surface area contributed by atoms with Gasteiger partial charge in [-0.15, -0.1) is 0 Å². The first-order valence-electron chi connectivity index (χ1n) is 6.73. The summed E-state index contributed by atoms with van der Waals surface area (Å²) in [6.45, 7) is 7.35. The van der Waals surface area contributed by atoms with Crippen molar-refractivity contribution in [2.45, 2.75) is 20.0 Å². The van der Waals surface area contributed by atoms with E-state index in [-0.39, 0.29) is 0 Å². The molecule has 0 atom stereocenters. The van der Waals surface area contributed by atoms with Gasteiger partial charge in [-0.1, -0.05) is 31.2 Å². The molecule has 1 aromatic carbocycles. The molecule has 1 aromatic rings. The van der Waals surface area contributed by atoms with Crippen LogP contribution in [0.4, 0.5) is 0 Å². The maximum atomic E-state index is 3.34. The average molecular weight is 249 g/mol. The van der Waals surface area contributed by atoms with Crippen LogP contribution in [0.3, 0.4) is 0 Å². The van der Waals surface area contributed by atoms with E-state index in [9.17, 15) is 0 Å². The molecule has 0 aromatic heterocycles. The van der Waals surface area contributed by atoms with Gasteiger partial charge in [-0.25, -0.2) is 0 Å². The van der Waals surface area contributed by atoms with Gasteiger partial charge in [0, 0.05) is 26.2 Å². The molecule has 0 saturated heterocycles. The lowest BCUT2D eigenvalue weighted by Gasteiger charge is -2.19. The summed E-state index contributed by atoms with van der Waals surface area (Å²) in [5, 5.41) is 3.34. The van der Waals surface area contributed by atoms with Crippen molar-refractivity contribution >= 4 is 0 Å². The van der Waals surface area contributed by atoms with Crippen molar-refractivity contribution < 1.29 is 0 Å². The Morgan fingerprint density at radius 2 is 1.56 bits per heavy atom. The van der Waals surface area contributed by atoms with E-state index < -0.39 is 0 Å². The van der Waals surface area contributed by atoms with E-state index in [4.69, 9.17) is 0 Å². The smallest absolute Gasteiger partial charge is 0.0231 e. The Balaban J connectivity index is 2.38. The Morgan fingerprint density at radius 3 is 2.11 bits per heavy atom. The maximum Gasteiger partial charge on any atom is 0.0231 e. The van der Waals surface area contributed by atoms with Crippen LogP contribution in [0, 0.1) is 0 Å². The fraction of sp³-hybridized carbons (Fsp3) is 0.600. The van der Waals surface area contributed by atoms with E-state index in [0.29, 0.717) is 0 Å². The third kappa shape index (κ3) is 6.15. The lowest BCUT2D eigenvalue weighted by molar-refractivity contribution is 0.276. The zero-order valence-electron chi connectivity index (χ0n) is 12.2. The third-order valence-corrected chi connectivity index (χ3v) is 2.98. The van der Waals surface area contributed by atoms with Crippen LogP contribution in [-0.4, -0.2) is 50.6 Å². The van der Waals surface area contributed by atoms with Gasteiger partial charge in [0.05, 0.1) is 0 Å². The molecule has 0 aliphatic carbocycles. The van der Waals surface area contributed by atoms with Gasteiger partial charge < -0.3 is 15.1 Å². The molecule has 0 heterocycles. The predicted molar refractivity (Wildman–Crippen MR) is 78.7 cm³/mol. The molecule has 0 aliphatic heterocycles. The minimum atomic E-state index is 0.966. The van der Waals surface area contributed by atoms with Crippen LogP contribution < -0.4 is 5.32 Å². The zero-order chi connectivity index (χ0) is 13.4. The molecule has 0 aliphatic rings. The van der Waals surface area contributed by atoms with Crippen molar-refractivity contribution in [3.63, 3.8) is 0 Å². The summed E-state index contributed by atoms with van der Waals surface area (Å²) in [6, 6.07) is 8.91. The maximum absolute atomic E-state index is 3.34. The monoisotopic (exact) mass is 249 g/mol. The summed E-state index contributed by atoms with van der Waals surface area (Å²) < 4.78 is 0. The highest BCUT2D eigenvalue weighted by Gasteiger charge is 2.01. The molecule has 102 valence electrons. The second-order valence-electron chi connectivity index (χ2n) is 5.14. The Labute approximate surface area is 112 Å². The molecule has 0 unspecified atom stereocenters. The van der Waals surface area contributed by atoms with Crippen LogP contribution >= 0.6 is 0 Å². The molecule has 1 N–H and O–H groups in total. The fourth-order valence-electron chi connectivity index (χ4n) is 1.79. The molecule has 1 rings (SSSR count). The quantitative estimate of drug-likeness (QED) is 0.758. The second-order valence-corrected chi connectivity index (χ2v) is 5.14. The SMILES string of the molecule is CCNCc1ccc(CN(C)CCN(C)C)cc1. The van der Waals surface area contributed by atoms with Crippen LogP contribution in [0.15, 0.2) is 24.3 Å².